The molecule has 8 heteroatoms. The van der Waals surface area contributed by atoms with Crippen molar-refractivity contribution in [2.24, 2.45) is 0 Å². The Morgan fingerprint density at radius 1 is 0.676 bits per heavy atom. The number of benzene rings is 2. The van der Waals surface area contributed by atoms with Crippen molar-refractivity contribution in [1.82, 2.24) is 0 Å². The van der Waals surface area contributed by atoms with Gasteiger partial charge in [0.25, 0.3) is 0 Å². The van der Waals surface area contributed by atoms with Crippen molar-refractivity contribution in [2.75, 3.05) is 14.2 Å². The SMILES string of the molecule is COC(=O)/C(C#N)=C/c1ccc([Si](C)(C)[Si](C)(C)c2ccc(/C=C(\C#N)C(=O)OC)cc2)cc1. The van der Waals surface area contributed by atoms with E-state index in [1.54, 1.807) is 0 Å². The summed E-state index contributed by atoms with van der Waals surface area (Å²) in [5.41, 5.74) is 1.46. The minimum Gasteiger partial charge on any atom is -0.465 e. The van der Waals surface area contributed by atoms with Crippen LogP contribution in [0.1, 0.15) is 11.1 Å². The van der Waals surface area contributed by atoms with Crippen LogP contribution in [0.5, 0.6) is 0 Å². The fourth-order valence-corrected chi connectivity index (χ4v) is 12.3. The van der Waals surface area contributed by atoms with Crippen molar-refractivity contribution in [3.8, 4) is 12.1 Å². The molecule has 0 aliphatic rings. The Morgan fingerprint density at radius 2 is 0.971 bits per heavy atom. The maximum Gasteiger partial charge on any atom is 0.348 e. The molecule has 2 rings (SSSR count). The first-order valence-electron chi connectivity index (χ1n) is 10.6. The second kappa shape index (κ2) is 10.9. The van der Waals surface area contributed by atoms with E-state index in [2.05, 4.69) is 59.9 Å². The quantitative estimate of drug-likeness (QED) is 0.256. The van der Waals surface area contributed by atoms with Gasteiger partial charge in [0.15, 0.2) is 0 Å². The monoisotopic (exact) mass is 488 g/mol. The molecule has 0 N–H and O–H groups in total. The number of hydrogen-bond donors (Lipinski definition) is 0. The first kappa shape index (κ1) is 26.5. The van der Waals surface area contributed by atoms with Crippen LogP contribution in [-0.2, 0) is 19.1 Å². The highest BCUT2D eigenvalue weighted by molar-refractivity contribution is 7.49. The van der Waals surface area contributed by atoms with Crippen LogP contribution in [0.3, 0.4) is 0 Å². The van der Waals surface area contributed by atoms with E-state index >= 15 is 0 Å². The predicted molar refractivity (Wildman–Crippen MR) is 138 cm³/mol. The van der Waals surface area contributed by atoms with Crippen molar-refractivity contribution in [3.63, 3.8) is 0 Å². The van der Waals surface area contributed by atoms with Crippen molar-refractivity contribution < 1.29 is 19.1 Å². The molecular weight excluding hydrogens is 460 g/mol. The van der Waals surface area contributed by atoms with Crippen molar-refractivity contribution in [2.45, 2.75) is 26.2 Å². The van der Waals surface area contributed by atoms with Gasteiger partial charge in [-0.1, -0.05) is 85.1 Å². The first-order chi connectivity index (χ1) is 16.0. The molecule has 0 fully saturated rings. The van der Waals surface area contributed by atoms with E-state index in [0.717, 1.165) is 11.1 Å². The zero-order chi connectivity index (χ0) is 25.5. The third-order valence-corrected chi connectivity index (χ3v) is 24.3. The van der Waals surface area contributed by atoms with E-state index in [0.29, 0.717) is 0 Å². The number of hydrogen-bond acceptors (Lipinski definition) is 6. The summed E-state index contributed by atoms with van der Waals surface area (Å²) in [6, 6.07) is 19.8. The highest BCUT2D eigenvalue weighted by Gasteiger charge is 2.43. The van der Waals surface area contributed by atoms with E-state index in [-0.39, 0.29) is 11.1 Å². The van der Waals surface area contributed by atoms with Crippen molar-refractivity contribution in [3.05, 3.63) is 70.8 Å². The number of methoxy groups -OCH3 is 2. The molecule has 0 saturated carbocycles. The highest BCUT2D eigenvalue weighted by atomic mass is 29.3. The molecule has 0 aromatic heterocycles. The maximum absolute atomic E-state index is 11.7. The molecule has 2 aromatic carbocycles. The summed E-state index contributed by atoms with van der Waals surface area (Å²) < 4.78 is 9.28. The summed E-state index contributed by atoms with van der Waals surface area (Å²) in [4.78, 5) is 23.3. The molecule has 0 bridgehead atoms. The third kappa shape index (κ3) is 5.60. The molecule has 0 aliphatic carbocycles. The molecule has 6 nitrogen and oxygen atoms in total. The van der Waals surface area contributed by atoms with Crippen molar-refractivity contribution >= 4 is 49.6 Å². The molecule has 2 aromatic rings. The minimum absolute atomic E-state index is 0.0395. The van der Waals surface area contributed by atoms with Gasteiger partial charge in [-0.15, -0.1) is 0 Å². The Bertz CT molecular complexity index is 1120. The number of nitrogens with zero attached hydrogens (tertiary/aromatic N) is 2. The van der Waals surface area contributed by atoms with E-state index in [1.807, 2.05) is 36.4 Å². The largest absolute Gasteiger partial charge is 0.465 e. The van der Waals surface area contributed by atoms with Gasteiger partial charge in [0.1, 0.15) is 23.3 Å². The topological polar surface area (TPSA) is 100 Å². The van der Waals surface area contributed by atoms with Gasteiger partial charge in [-0.3, -0.25) is 0 Å². The summed E-state index contributed by atoms with van der Waals surface area (Å²) in [7, 11) is -1.31. The fourth-order valence-electron chi connectivity index (χ4n) is 3.54. The van der Waals surface area contributed by atoms with Crippen LogP contribution in [0, 0.1) is 22.7 Å². The lowest BCUT2D eigenvalue weighted by atomic mass is 10.1. The molecule has 0 atom stereocenters. The van der Waals surface area contributed by atoms with Crippen molar-refractivity contribution in [1.29, 1.82) is 10.5 Å². The second-order valence-corrected chi connectivity index (χ2v) is 24.0. The van der Waals surface area contributed by atoms with E-state index < -0.39 is 27.1 Å². The Hall–Kier alpha value is -3.73. The molecule has 174 valence electrons. The lowest BCUT2D eigenvalue weighted by molar-refractivity contribution is -0.136. The number of rotatable bonds is 7. The van der Waals surface area contributed by atoms with Gasteiger partial charge in [-0.2, -0.15) is 10.5 Å². The summed E-state index contributed by atoms with van der Waals surface area (Å²) in [6.45, 7) is 9.44. The first-order valence-corrected chi connectivity index (χ1v) is 17.6. The number of ether oxygens (including phenoxy) is 2. The minimum atomic E-state index is -1.91. The molecule has 0 spiro atoms. The van der Waals surface area contributed by atoms with Gasteiger partial charge in [-0.05, 0) is 23.3 Å². The summed E-state index contributed by atoms with van der Waals surface area (Å²) in [5.74, 6) is -1.30. The van der Waals surface area contributed by atoms with Gasteiger partial charge < -0.3 is 9.47 Å². The van der Waals surface area contributed by atoms with Gasteiger partial charge in [0.05, 0.1) is 29.4 Å². The Kier molecular flexibility index (Phi) is 8.53. The average molecular weight is 489 g/mol. The van der Waals surface area contributed by atoms with Crippen LogP contribution in [0.2, 0.25) is 26.2 Å². The van der Waals surface area contributed by atoms with Crippen LogP contribution in [-0.4, -0.2) is 41.3 Å². The lowest BCUT2D eigenvalue weighted by Gasteiger charge is -2.39. The zero-order valence-corrected chi connectivity index (χ0v) is 22.3. The second-order valence-electron chi connectivity index (χ2n) is 8.82. The zero-order valence-electron chi connectivity index (χ0n) is 20.3. The Labute approximate surface area is 202 Å². The molecule has 34 heavy (non-hydrogen) atoms. The summed E-state index contributed by atoms with van der Waals surface area (Å²) >= 11 is 0. The number of esters is 2. The molecular formula is C26H28N2O4Si2. The molecule has 0 unspecified atom stereocenters. The number of nitriles is 2. The normalized spacial score (nSPS) is 12.4. The van der Waals surface area contributed by atoms with E-state index in [1.165, 1.54) is 36.7 Å². The molecule has 0 radical (unpaired) electrons. The number of carbonyl (C=O) groups is 2. The molecule has 0 aliphatic heterocycles. The predicted octanol–water partition coefficient (Wildman–Crippen LogP) is 3.46. The van der Waals surface area contributed by atoms with Crippen LogP contribution >= 0.6 is 0 Å². The molecule has 0 saturated heterocycles. The van der Waals surface area contributed by atoms with Crippen LogP contribution in [0.4, 0.5) is 0 Å². The van der Waals surface area contributed by atoms with Crippen LogP contribution in [0.15, 0.2) is 59.7 Å². The fraction of sp³-hybridized carbons (Fsp3) is 0.231. The maximum atomic E-state index is 11.7. The standard InChI is InChI=1S/C26H28N2O4Si2/c1-31-25(29)21(17-27)15-19-7-11-23(12-8-19)33(3,4)34(5,6)24-13-9-20(10-14-24)16-22(18-28)26(30)32-2/h7-16H,1-6H3/b21-15+,22-16+. The van der Waals surface area contributed by atoms with Gasteiger partial charge in [-0.25, -0.2) is 9.59 Å². The van der Waals surface area contributed by atoms with Gasteiger partial charge in [0.2, 0.25) is 0 Å². The van der Waals surface area contributed by atoms with Crippen LogP contribution in [0.25, 0.3) is 12.2 Å². The van der Waals surface area contributed by atoms with Gasteiger partial charge in [0, 0.05) is 0 Å². The van der Waals surface area contributed by atoms with E-state index in [9.17, 15) is 20.1 Å². The average Bonchev–Trinajstić information content (AvgIpc) is 2.85. The van der Waals surface area contributed by atoms with E-state index in [4.69, 9.17) is 0 Å². The third-order valence-electron chi connectivity index (χ3n) is 6.50. The Balaban J connectivity index is 2.35. The summed E-state index contributed by atoms with van der Waals surface area (Å²) in [6.07, 6.45) is 3.06. The molecule has 0 heterocycles. The Morgan fingerprint density at radius 3 is 1.21 bits per heavy atom. The lowest BCUT2D eigenvalue weighted by Crippen LogP contribution is -2.69. The number of carbonyl (C=O) groups excluding carboxylic acids is 2. The van der Waals surface area contributed by atoms with Crippen LogP contribution < -0.4 is 10.4 Å². The van der Waals surface area contributed by atoms with Gasteiger partial charge >= 0.3 is 11.9 Å². The highest BCUT2D eigenvalue weighted by Crippen LogP contribution is 2.21. The molecule has 0 amide bonds. The smallest absolute Gasteiger partial charge is 0.348 e. The summed E-state index contributed by atoms with van der Waals surface area (Å²) in [5, 5.41) is 20.9.